The average molecular weight is 404 g/mol. The Labute approximate surface area is 147 Å². The van der Waals surface area contributed by atoms with Crippen LogP contribution in [0.2, 0.25) is 0 Å². The van der Waals surface area contributed by atoms with Crippen LogP contribution in [0.3, 0.4) is 0 Å². The van der Waals surface area contributed by atoms with Gasteiger partial charge in [0.15, 0.2) is 11.6 Å². The van der Waals surface area contributed by atoms with Gasteiger partial charge in [0.05, 0.1) is 6.54 Å². The Balaban J connectivity index is 2.11. The predicted molar refractivity (Wildman–Crippen MR) is 87.5 cm³/mol. The summed E-state index contributed by atoms with van der Waals surface area (Å²) in [5.41, 5.74) is -0.739. The standard InChI is InChI=1S/C16H19BrFNO5/c1-16(2,3)24-15(22)19-8-10(7-12(19)14(20)21)23-13-5-4-9(17)6-11(13)18/h4-6,10,12H,7-8H2,1-3H3,(H,20,21). The van der Waals surface area contributed by atoms with Crippen LogP contribution in [0, 0.1) is 5.82 Å². The second-order valence-electron chi connectivity index (χ2n) is 6.54. The van der Waals surface area contributed by atoms with Crippen LogP contribution in [0.4, 0.5) is 9.18 Å². The zero-order chi connectivity index (χ0) is 18.1. The molecule has 0 radical (unpaired) electrons. The van der Waals surface area contributed by atoms with Gasteiger partial charge in [-0.15, -0.1) is 0 Å². The predicted octanol–water partition coefficient (Wildman–Crippen LogP) is 3.43. The molecule has 1 aromatic carbocycles. The maximum Gasteiger partial charge on any atom is 0.411 e. The minimum atomic E-state index is -1.15. The summed E-state index contributed by atoms with van der Waals surface area (Å²) in [5.74, 6) is -1.70. The van der Waals surface area contributed by atoms with Crippen molar-refractivity contribution in [1.82, 2.24) is 4.90 Å². The van der Waals surface area contributed by atoms with Crippen molar-refractivity contribution in [3.05, 3.63) is 28.5 Å². The summed E-state index contributed by atoms with van der Waals surface area (Å²) in [6.45, 7) is 5.10. The Morgan fingerprint density at radius 1 is 1.38 bits per heavy atom. The number of carboxylic acid groups (broad SMARTS) is 1. The number of halogens is 2. The number of ether oxygens (including phenoxy) is 2. The van der Waals surface area contributed by atoms with E-state index in [1.165, 1.54) is 12.1 Å². The molecule has 2 atom stereocenters. The Morgan fingerprint density at radius 3 is 2.58 bits per heavy atom. The van der Waals surface area contributed by atoms with Gasteiger partial charge < -0.3 is 14.6 Å². The first-order valence-electron chi connectivity index (χ1n) is 7.41. The number of amides is 1. The van der Waals surface area contributed by atoms with Crippen molar-refractivity contribution >= 4 is 28.0 Å². The van der Waals surface area contributed by atoms with Crippen LogP contribution in [-0.4, -0.2) is 46.4 Å². The minimum absolute atomic E-state index is 0.0124. The molecule has 2 unspecified atom stereocenters. The molecule has 6 nitrogen and oxygen atoms in total. The number of hydrogen-bond donors (Lipinski definition) is 1. The summed E-state index contributed by atoms with van der Waals surface area (Å²) in [5, 5.41) is 9.32. The van der Waals surface area contributed by atoms with E-state index in [1.54, 1.807) is 26.8 Å². The lowest BCUT2D eigenvalue weighted by molar-refractivity contribution is -0.142. The van der Waals surface area contributed by atoms with E-state index in [0.717, 1.165) is 4.90 Å². The third kappa shape index (κ3) is 4.59. The number of carbonyl (C=O) groups is 2. The molecule has 1 fully saturated rings. The van der Waals surface area contributed by atoms with Gasteiger partial charge in [-0.05, 0) is 39.0 Å². The molecule has 132 valence electrons. The van der Waals surface area contributed by atoms with E-state index >= 15 is 0 Å². The van der Waals surface area contributed by atoms with E-state index in [-0.39, 0.29) is 18.7 Å². The van der Waals surface area contributed by atoms with Gasteiger partial charge >= 0.3 is 12.1 Å². The normalized spacial score (nSPS) is 20.8. The highest BCUT2D eigenvalue weighted by molar-refractivity contribution is 9.10. The number of benzene rings is 1. The fraction of sp³-hybridized carbons (Fsp3) is 0.500. The van der Waals surface area contributed by atoms with Crippen LogP contribution in [0.1, 0.15) is 27.2 Å². The molecule has 0 spiro atoms. The van der Waals surface area contributed by atoms with Gasteiger partial charge in [0.25, 0.3) is 0 Å². The van der Waals surface area contributed by atoms with Gasteiger partial charge in [0.1, 0.15) is 17.7 Å². The Hall–Kier alpha value is -1.83. The van der Waals surface area contributed by atoms with Crippen molar-refractivity contribution < 1.29 is 28.6 Å². The molecule has 0 saturated carbocycles. The lowest BCUT2D eigenvalue weighted by atomic mass is 10.2. The molecule has 1 amide bonds. The first-order valence-corrected chi connectivity index (χ1v) is 8.20. The highest BCUT2D eigenvalue weighted by Gasteiger charge is 2.42. The summed E-state index contributed by atoms with van der Waals surface area (Å²) in [4.78, 5) is 24.7. The van der Waals surface area contributed by atoms with Crippen molar-refractivity contribution in [3.8, 4) is 5.75 Å². The van der Waals surface area contributed by atoms with Crippen molar-refractivity contribution in [1.29, 1.82) is 0 Å². The van der Waals surface area contributed by atoms with Gasteiger partial charge in [-0.25, -0.2) is 14.0 Å². The lowest BCUT2D eigenvalue weighted by Gasteiger charge is -2.26. The minimum Gasteiger partial charge on any atom is -0.485 e. The molecule has 0 bridgehead atoms. The van der Waals surface area contributed by atoms with Gasteiger partial charge in [-0.2, -0.15) is 0 Å². The maximum absolute atomic E-state index is 13.9. The molecule has 1 heterocycles. The molecule has 0 aromatic heterocycles. The van der Waals surface area contributed by atoms with E-state index in [4.69, 9.17) is 9.47 Å². The van der Waals surface area contributed by atoms with Gasteiger partial charge in [0, 0.05) is 10.9 Å². The molecule has 1 saturated heterocycles. The first kappa shape index (κ1) is 18.5. The zero-order valence-electron chi connectivity index (χ0n) is 13.6. The van der Waals surface area contributed by atoms with E-state index in [1.807, 2.05) is 0 Å². The Morgan fingerprint density at radius 2 is 2.04 bits per heavy atom. The maximum atomic E-state index is 13.9. The number of hydrogen-bond acceptors (Lipinski definition) is 4. The summed E-state index contributed by atoms with van der Waals surface area (Å²) >= 11 is 3.15. The monoisotopic (exact) mass is 403 g/mol. The Kier molecular flexibility index (Phi) is 5.37. The van der Waals surface area contributed by atoms with E-state index < -0.39 is 35.6 Å². The van der Waals surface area contributed by atoms with E-state index in [2.05, 4.69) is 15.9 Å². The highest BCUT2D eigenvalue weighted by atomic mass is 79.9. The van der Waals surface area contributed by atoms with Gasteiger partial charge in [-0.3, -0.25) is 4.90 Å². The third-order valence-corrected chi connectivity index (χ3v) is 3.86. The first-order chi connectivity index (χ1) is 11.1. The van der Waals surface area contributed by atoms with Crippen LogP contribution < -0.4 is 4.74 Å². The fourth-order valence-electron chi connectivity index (χ4n) is 2.39. The zero-order valence-corrected chi connectivity index (χ0v) is 15.2. The average Bonchev–Trinajstić information content (AvgIpc) is 2.84. The number of likely N-dealkylation sites (tertiary alicyclic amines) is 1. The molecule has 1 aliphatic heterocycles. The van der Waals surface area contributed by atoms with Gasteiger partial charge in [-0.1, -0.05) is 15.9 Å². The summed E-state index contributed by atoms with van der Waals surface area (Å²) < 4.78 is 25.2. The van der Waals surface area contributed by atoms with E-state index in [9.17, 15) is 19.1 Å². The largest absolute Gasteiger partial charge is 0.485 e. The second kappa shape index (κ2) is 6.96. The molecular formula is C16H19BrFNO5. The summed E-state index contributed by atoms with van der Waals surface area (Å²) in [7, 11) is 0. The SMILES string of the molecule is CC(C)(C)OC(=O)N1CC(Oc2ccc(Br)cc2F)CC1C(=O)O. The summed E-state index contributed by atoms with van der Waals surface area (Å²) in [6, 6.07) is 3.26. The van der Waals surface area contributed by atoms with Crippen molar-refractivity contribution in [2.24, 2.45) is 0 Å². The molecule has 24 heavy (non-hydrogen) atoms. The number of aliphatic carboxylic acids is 1. The van der Waals surface area contributed by atoms with Crippen molar-refractivity contribution in [3.63, 3.8) is 0 Å². The number of nitrogens with zero attached hydrogens (tertiary/aromatic N) is 1. The smallest absolute Gasteiger partial charge is 0.411 e. The number of carboxylic acids is 1. The lowest BCUT2D eigenvalue weighted by Crippen LogP contribution is -2.43. The van der Waals surface area contributed by atoms with Gasteiger partial charge in [0.2, 0.25) is 0 Å². The molecular weight excluding hydrogens is 385 g/mol. The Bertz CT molecular complexity index is 646. The molecule has 1 aromatic rings. The summed E-state index contributed by atoms with van der Waals surface area (Å²) in [6.07, 6.45) is -1.30. The van der Waals surface area contributed by atoms with Crippen LogP contribution in [0.25, 0.3) is 0 Å². The number of carbonyl (C=O) groups excluding carboxylic acids is 1. The fourth-order valence-corrected chi connectivity index (χ4v) is 2.72. The second-order valence-corrected chi connectivity index (χ2v) is 7.45. The molecule has 2 rings (SSSR count). The molecule has 0 aliphatic carbocycles. The molecule has 8 heteroatoms. The van der Waals surface area contributed by atoms with Crippen LogP contribution >= 0.6 is 15.9 Å². The number of rotatable bonds is 3. The third-order valence-electron chi connectivity index (χ3n) is 3.36. The van der Waals surface area contributed by atoms with Crippen LogP contribution in [0.15, 0.2) is 22.7 Å². The topological polar surface area (TPSA) is 76.1 Å². The van der Waals surface area contributed by atoms with E-state index in [0.29, 0.717) is 4.47 Å². The highest BCUT2D eigenvalue weighted by Crippen LogP contribution is 2.28. The molecule has 1 aliphatic rings. The van der Waals surface area contributed by atoms with Crippen LogP contribution in [0.5, 0.6) is 5.75 Å². The van der Waals surface area contributed by atoms with Crippen molar-refractivity contribution in [2.75, 3.05) is 6.54 Å². The molecule has 1 N–H and O–H groups in total. The van der Waals surface area contributed by atoms with Crippen LogP contribution in [-0.2, 0) is 9.53 Å². The van der Waals surface area contributed by atoms with Crippen molar-refractivity contribution in [2.45, 2.75) is 44.9 Å². The quantitative estimate of drug-likeness (QED) is 0.836.